The zero-order chi connectivity index (χ0) is 17.4. The third-order valence-electron chi connectivity index (χ3n) is 4.98. The molecule has 1 aromatic carbocycles. The number of likely N-dealkylation sites (tertiary alicyclic amines) is 1. The summed E-state index contributed by atoms with van der Waals surface area (Å²) in [7, 11) is 0. The molecule has 24 heavy (non-hydrogen) atoms. The summed E-state index contributed by atoms with van der Waals surface area (Å²) < 4.78 is 0. The van der Waals surface area contributed by atoms with Crippen LogP contribution in [0, 0.1) is 11.8 Å². The second-order valence-electron chi connectivity index (χ2n) is 6.90. The molecular weight excluding hydrogens is 298 g/mol. The summed E-state index contributed by atoms with van der Waals surface area (Å²) in [6.07, 6.45) is 2.35. The van der Waals surface area contributed by atoms with Gasteiger partial charge in [0.15, 0.2) is 5.96 Å². The number of nitrogens with zero attached hydrogens (tertiary/aromatic N) is 2. The van der Waals surface area contributed by atoms with Gasteiger partial charge in [-0.2, -0.15) is 0 Å². The lowest BCUT2D eigenvalue weighted by Crippen LogP contribution is -2.48. The van der Waals surface area contributed by atoms with Gasteiger partial charge in [-0.3, -0.25) is 4.99 Å². The second kappa shape index (κ2) is 9.67. The van der Waals surface area contributed by atoms with Gasteiger partial charge in [0, 0.05) is 32.8 Å². The molecule has 1 heterocycles. The van der Waals surface area contributed by atoms with Crippen LogP contribution in [-0.4, -0.2) is 48.8 Å². The quantitative estimate of drug-likeness (QED) is 0.622. The first kappa shape index (κ1) is 18.8. The molecule has 0 spiro atoms. The summed E-state index contributed by atoms with van der Waals surface area (Å²) in [5.41, 5.74) is 1.47. The zero-order valence-electron chi connectivity index (χ0n) is 15.4. The SMILES string of the molecule is CCNC(=NCC(C)CO)N1CCC(c2ccccc2)C(CC)C1. The highest BCUT2D eigenvalue weighted by atomic mass is 16.3. The number of piperidine rings is 1. The van der Waals surface area contributed by atoms with Gasteiger partial charge in [0.05, 0.1) is 0 Å². The Labute approximate surface area is 147 Å². The average Bonchev–Trinajstić information content (AvgIpc) is 2.65. The molecule has 4 nitrogen and oxygen atoms in total. The number of hydrogen-bond acceptors (Lipinski definition) is 2. The Hall–Kier alpha value is -1.55. The largest absolute Gasteiger partial charge is 0.396 e. The Bertz CT molecular complexity index is 503. The van der Waals surface area contributed by atoms with Crippen LogP contribution in [0.1, 0.15) is 45.1 Å². The monoisotopic (exact) mass is 331 g/mol. The maximum atomic E-state index is 9.23. The molecule has 2 N–H and O–H groups in total. The average molecular weight is 332 g/mol. The van der Waals surface area contributed by atoms with Crippen molar-refractivity contribution in [3.63, 3.8) is 0 Å². The van der Waals surface area contributed by atoms with E-state index in [1.165, 1.54) is 18.4 Å². The molecule has 3 atom stereocenters. The van der Waals surface area contributed by atoms with Gasteiger partial charge in [-0.25, -0.2) is 0 Å². The lowest BCUT2D eigenvalue weighted by atomic mass is 9.79. The molecule has 0 aliphatic carbocycles. The molecule has 4 heteroatoms. The minimum atomic E-state index is 0.191. The van der Waals surface area contributed by atoms with E-state index in [0.29, 0.717) is 18.4 Å². The number of aliphatic hydroxyl groups excluding tert-OH is 1. The highest BCUT2D eigenvalue weighted by molar-refractivity contribution is 5.80. The highest BCUT2D eigenvalue weighted by Crippen LogP contribution is 2.34. The van der Waals surface area contributed by atoms with Gasteiger partial charge < -0.3 is 15.3 Å². The van der Waals surface area contributed by atoms with Crippen molar-refractivity contribution in [2.45, 2.75) is 39.5 Å². The van der Waals surface area contributed by atoms with Gasteiger partial charge in [-0.05, 0) is 36.7 Å². The van der Waals surface area contributed by atoms with E-state index in [9.17, 15) is 5.11 Å². The first-order valence-corrected chi connectivity index (χ1v) is 9.38. The fraction of sp³-hybridized carbons (Fsp3) is 0.650. The van der Waals surface area contributed by atoms with E-state index in [2.05, 4.69) is 54.4 Å². The van der Waals surface area contributed by atoms with Crippen LogP contribution in [0.2, 0.25) is 0 Å². The van der Waals surface area contributed by atoms with Gasteiger partial charge >= 0.3 is 0 Å². The van der Waals surface area contributed by atoms with Crippen molar-refractivity contribution in [1.82, 2.24) is 10.2 Å². The lowest BCUT2D eigenvalue weighted by Gasteiger charge is -2.40. The van der Waals surface area contributed by atoms with Gasteiger partial charge in [-0.1, -0.05) is 50.6 Å². The van der Waals surface area contributed by atoms with Crippen LogP contribution in [0.4, 0.5) is 0 Å². The van der Waals surface area contributed by atoms with E-state index >= 15 is 0 Å². The minimum Gasteiger partial charge on any atom is -0.396 e. The van der Waals surface area contributed by atoms with Crippen LogP contribution in [-0.2, 0) is 0 Å². The first-order chi connectivity index (χ1) is 11.7. The number of nitrogens with one attached hydrogen (secondary N) is 1. The third-order valence-corrected chi connectivity index (χ3v) is 4.98. The predicted octanol–water partition coefficient (Wildman–Crippen LogP) is 3.10. The Morgan fingerprint density at radius 3 is 2.71 bits per heavy atom. The molecule has 134 valence electrons. The molecule has 2 rings (SSSR count). The van der Waals surface area contributed by atoms with Crippen molar-refractivity contribution in [2.24, 2.45) is 16.8 Å². The van der Waals surface area contributed by atoms with Gasteiger partial charge in [0.25, 0.3) is 0 Å². The zero-order valence-corrected chi connectivity index (χ0v) is 15.4. The van der Waals surface area contributed by atoms with Gasteiger partial charge in [0.2, 0.25) is 0 Å². The Morgan fingerprint density at radius 1 is 1.33 bits per heavy atom. The molecule has 1 fully saturated rings. The molecule has 1 aliphatic heterocycles. The fourth-order valence-corrected chi connectivity index (χ4v) is 3.50. The molecule has 0 radical (unpaired) electrons. The number of aliphatic hydroxyl groups is 1. The van der Waals surface area contributed by atoms with Crippen LogP contribution in [0.25, 0.3) is 0 Å². The van der Waals surface area contributed by atoms with E-state index in [-0.39, 0.29) is 12.5 Å². The Morgan fingerprint density at radius 2 is 2.08 bits per heavy atom. The number of benzene rings is 1. The van der Waals surface area contributed by atoms with Crippen molar-refractivity contribution in [3.8, 4) is 0 Å². The van der Waals surface area contributed by atoms with E-state index in [1.54, 1.807) is 0 Å². The fourth-order valence-electron chi connectivity index (χ4n) is 3.50. The summed E-state index contributed by atoms with van der Waals surface area (Å²) in [5, 5.41) is 12.7. The molecule has 0 aromatic heterocycles. The van der Waals surface area contributed by atoms with Crippen molar-refractivity contribution < 1.29 is 5.11 Å². The van der Waals surface area contributed by atoms with Crippen LogP contribution in [0.15, 0.2) is 35.3 Å². The number of rotatable bonds is 6. The van der Waals surface area contributed by atoms with E-state index in [0.717, 1.165) is 25.6 Å². The van der Waals surface area contributed by atoms with Crippen LogP contribution >= 0.6 is 0 Å². The van der Waals surface area contributed by atoms with Crippen molar-refractivity contribution in [1.29, 1.82) is 0 Å². The molecule has 1 aliphatic rings. The van der Waals surface area contributed by atoms with Gasteiger partial charge in [-0.15, -0.1) is 0 Å². The Kier molecular flexibility index (Phi) is 7.57. The number of hydrogen-bond donors (Lipinski definition) is 2. The summed E-state index contributed by atoms with van der Waals surface area (Å²) in [6.45, 7) is 10.3. The minimum absolute atomic E-state index is 0.191. The molecule has 0 saturated carbocycles. The lowest BCUT2D eigenvalue weighted by molar-refractivity contribution is 0.214. The standard InChI is InChI=1S/C20H33N3O/c1-4-17-14-23(20(21-5-2)22-13-16(3)15-24)12-11-19(17)18-9-7-6-8-10-18/h6-10,16-17,19,24H,4-5,11-15H2,1-3H3,(H,21,22). The summed E-state index contributed by atoms with van der Waals surface area (Å²) >= 11 is 0. The maximum absolute atomic E-state index is 9.23. The van der Waals surface area contributed by atoms with Crippen LogP contribution < -0.4 is 5.32 Å². The number of aliphatic imine (C=N–C) groups is 1. The molecule has 1 saturated heterocycles. The third kappa shape index (κ3) is 4.97. The molecule has 0 bridgehead atoms. The van der Waals surface area contributed by atoms with Crippen LogP contribution in [0.3, 0.4) is 0 Å². The van der Waals surface area contributed by atoms with E-state index in [4.69, 9.17) is 4.99 Å². The molecule has 1 aromatic rings. The second-order valence-corrected chi connectivity index (χ2v) is 6.90. The van der Waals surface area contributed by atoms with Crippen LogP contribution in [0.5, 0.6) is 0 Å². The van der Waals surface area contributed by atoms with E-state index < -0.39 is 0 Å². The summed E-state index contributed by atoms with van der Waals surface area (Å²) in [5.74, 6) is 2.51. The number of guanidine groups is 1. The highest BCUT2D eigenvalue weighted by Gasteiger charge is 2.30. The first-order valence-electron chi connectivity index (χ1n) is 9.38. The predicted molar refractivity (Wildman–Crippen MR) is 101 cm³/mol. The molecular formula is C20H33N3O. The van der Waals surface area contributed by atoms with E-state index in [1.807, 2.05) is 6.92 Å². The summed E-state index contributed by atoms with van der Waals surface area (Å²) in [6, 6.07) is 10.9. The Balaban J connectivity index is 2.07. The summed E-state index contributed by atoms with van der Waals surface area (Å²) in [4.78, 5) is 7.15. The molecule has 3 unspecified atom stereocenters. The van der Waals surface area contributed by atoms with Crippen molar-refractivity contribution in [2.75, 3.05) is 32.8 Å². The van der Waals surface area contributed by atoms with Crippen molar-refractivity contribution in [3.05, 3.63) is 35.9 Å². The smallest absolute Gasteiger partial charge is 0.193 e. The maximum Gasteiger partial charge on any atom is 0.193 e. The molecule has 0 amide bonds. The topological polar surface area (TPSA) is 47.9 Å². The van der Waals surface area contributed by atoms with Gasteiger partial charge in [0.1, 0.15) is 0 Å². The normalized spacial score (nSPS) is 23.2. The van der Waals surface area contributed by atoms with Crippen molar-refractivity contribution >= 4 is 5.96 Å².